The Hall–Kier alpha value is -0.200. The Morgan fingerprint density at radius 3 is 0.971 bits per heavy atom. The highest BCUT2D eigenvalue weighted by Crippen LogP contribution is 2.57. The predicted octanol–water partition coefficient (Wildman–Crippen LogP) is 15.2. The normalized spacial score (nSPS) is 43.7. The predicted molar refractivity (Wildman–Crippen MR) is 289 cm³/mol. The van der Waals surface area contributed by atoms with Gasteiger partial charge in [0.15, 0.2) is 0 Å². The quantitative estimate of drug-likeness (QED) is 0.216. The molecule has 6 unspecified atom stereocenters. The second kappa shape index (κ2) is 23.8. The van der Waals surface area contributed by atoms with Crippen molar-refractivity contribution in [1.29, 1.82) is 0 Å². The van der Waals surface area contributed by atoms with E-state index in [-0.39, 0.29) is 0 Å². The van der Waals surface area contributed by atoms with Gasteiger partial charge in [0.05, 0.1) is 6.17 Å². The molecule has 5 heteroatoms. The van der Waals surface area contributed by atoms with Crippen LogP contribution in [0.4, 0.5) is 0 Å². The van der Waals surface area contributed by atoms with Crippen molar-refractivity contribution in [2.24, 2.45) is 53.3 Å². The van der Waals surface area contributed by atoms with Gasteiger partial charge in [-0.05, 0) is 233 Å². The van der Waals surface area contributed by atoms with Crippen LogP contribution in [-0.2, 0) is 0 Å². The Morgan fingerprint density at radius 1 is 0.261 bits per heavy atom. The third-order valence-electron chi connectivity index (χ3n) is 24.9. The van der Waals surface area contributed by atoms with Crippen molar-refractivity contribution >= 4 is 0 Å². The summed E-state index contributed by atoms with van der Waals surface area (Å²) >= 11 is 0. The molecule has 0 radical (unpaired) electrons. The molecule has 5 nitrogen and oxygen atoms in total. The average molecular weight is 951 g/mol. The van der Waals surface area contributed by atoms with Crippen LogP contribution in [0.3, 0.4) is 0 Å². The fourth-order valence-corrected chi connectivity index (χ4v) is 21.5. The molecule has 10 saturated carbocycles. The van der Waals surface area contributed by atoms with E-state index in [1.807, 2.05) is 0 Å². The van der Waals surface area contributed by atoms with Crippen molar-refractivity contribution in [3.05, 3.63) is 0 Å². The minimum Gasteiger partial charge on any atom is -0.301 e. The number of fused-ring (bicyclic) bond motifs is 3. The molecule has 10 aliphatic carbocycles. The molecular weight excluding hydrogens is 839 g/mol. The zero-order chi connectivity index (χ0) is 45.9. The lowest BCUT2D eigenvalue weighted by Crippen LogP contribution is -2.58. The molecule has 12 rings (SSSR count). The molecule has 2 saturated heterocycles. The van der Waals surface area contributed by atoms with Gasteiger partial charge in [0, 0.05) is 67.5 Å². The summed E-state index contributed by atoms with van der Waals surface area (Å²) in [5.74, 6) is 8.85. The summed E-state index contributed by atoms with van der Waals surface area (Å²) in [6.45, 7) is 2.57. The van der Waals surface area contributed by atoms with Gasteiger partial charge in [0.25, 0.3) is 0 Å². The van der Waals surface area contributed by atoms with Crippen molar-refractivity contribution in [2.45, 2.75) is 337 Å². The molecule has 0 bridgehead atoms. The van der Waals surface area contributed by atoms with E-state index in [1.165, 1.54) is 199 Å². The van der Waals surface area contributed by atoms with E-state index >= 15 is 0 Å². The zero-order valence-corrected chi connectivity index (χ0v) is 45.1. The number of nitrogens with one attached hydrogen (secondary N) is 2. The lowest BCUT2D eigenvalue weighted by atomic mass is 9.62. The summed E-state index contributed by atoms with van der Waals surface area (Å²) < 4.78 is 0. The maximum absolute atomic E-state index is 4.09. The second-order valence-corrected chi connectivity index (χ2v) is 28.3. The molecule has 12 aliphatic rings. The molecule has 0 amide bonds. The molecule has 0 aromatic rings. The summed E-state index contributed by atoms with van der Waals surface area (Å²) in [6.07, 6.45) is 66.1. The summed E-state index contributed by atoms with van der Waals surface area (Å²) in [5.41, 5.74) is 0. The van der Waals surface area contributed by atoms with Crippen LogP contribution in [-0.4, -0.2) is 88.3 Å². The Bertz CT molecular complexity index is 1390. The Balaban J connectivity index is 0.705. The van der Waals surface area contributed by atoms with Gasteiger partial charge in [-0.2, -0.15) is 0 Å². The first kappa shape index (κ1) is 49.7. The molecule has 2 heterocycles. The maximum Gasteiger partial charge on any atom is 0.0600 e. The molecule has 2 aliphatic heterocycles. The largest absolute Gasteiger partial charge is 0.301 e. The van der Waals surface area contributed by atoms with Gasteiger partial charge < -0.3 is 10.6 Å². The minimum atomic E-state index is 0.599. The topological polar surface area (TPSA) is 33.8 Å². The molecular formula is C64H111N5. The standard InChI is InChI=1S/C64H111N5/c1-6-16-49(17-7-1)64-65-44-52(45-66-64)48-30-38-59(39-31-48)69-62-40-32-50(46-26-34-57(35-27-46)67(53-18-8-2-9-19-53)54-20-10-3-11-21-54)42-60(62)61-43-51(33-41-63(61)69)47-28-36-58(37-29-47)68(55-22-12-4-13-23-55)56-24-14-5-15-25-56/h46-66H,1-45H2. The monoisotopic (exact) mass is 950 g/mol. The fraction of sp³-hybridized carbons (Fsp3) is 1.00. The fourth-order valence-electron chi connectivity index (χ4n) is 21.5. The average Bonchev–Trinajstić information content (AvgIpc) is 3.76. The molecule has 2 N–H and O–H groups in total. The molecule has 0 aromatic carbocycles. The zero-order valence-electron chi connectivity index (χ0n) is 45.1. The van der Waals surface area contributed by atoms with Crippen molar-refractivity contribution in [3.63, 3.8) is 0 Å². The number of nitrogens with zero attached hydrogens (tertiary/aromatic N) is 3. The van der Waals surface area contributed by atoms with Crippen LogP contribution in [0.25, 0.3) is 0 Å². The lowest BCUT2D eigenvalue weighted by Gasteiger charge is -2.50. The smallest absolute Gasteiger partial charge is 0.0600 e. The highest BCUT2D eigenvalue weighted by molar-refractivity contribution is 5.09. The van der Waals surface area contributed by atoms with Gasteiger partial charge in [-0.3, -0.25) is 14.7 Å². The molecule has 12 fully saturated rings. The van der Waals surface area contributed by atoms with Crippen molar-refractivity contribution in [3.8, 4) is 0 Å². The highest BCUT2D eigenvalue weighted by Gasteiger charge is 2.56. The van der Waals surface area contributed by atoms with Crippen LogP contribution in [0.5, 0.6) is 0 Å². The Morgan fingerprint density at radius 2 is 0.580 bits per heavy atom. The number of hydrogen-bond donors (Lipinski definition) is 2. The van der Waals surface area contributed by atoms with E-state index in [0.717, 1.165) is 108 Å². The van der Waals surface area contributed by atoms with E-state index in [1.54, 1.807) is 89.9 Å². The Labute approximate surface area is 426 Å². The molecule has 6 atom stereocenters. The van der Waals surface area contributed by atoms with Gasteiger partial charge in [0.2, 0.25) is 0 Å². The first-order chi connectivity index (χ1) is 34.2. The number of hydrogen-bond acceptors (Lipinski definition) is 5. The van der Waals surface area contributed by atoms with Gasteiger partial charge >= 0.3 is 0 Å². The summed E-state index contributed by atoms with van der Waals surface area (Å²) in [5, 5.41) is 8.18. The van der Waals surface area contributed by atoms with Crippen LogP contribution in [0.1, 0.15) is 276 Å². The van der Waals surface area contributed by atoms with Crippen LogP contribution in [0, 0.1) is 53.3 Å². The van der Waals surface area contributed by atoms with Crippen molar-refractivity contribution < 1.29 is 0 Å². The first-order valence-corrected chi connectivity index (χ1v) is 33.0. The van der Waals surface area contributed by atoms with E-state index in [4.69, 9.17) is 0 Å². The van der Waals surface area contributed by atoms with Crippen LogP contribution in [0.15, 0.2) is 0 Å². The maximum atomic E-state index is 4.09. The molecule has 0 spiro atoms. The van der Waals surface area contributed by atoms with E-state index < -0.39 is 0 Å². The van der Waals surface area contributed by atoms with E-state index in [2.05, 4.69) is 25.3 Å². The van der Waals surface area contributed by atoms with Crippen LogP contribution < -0.4 is 10.6 Å². The highest BCUT2D eigenvalue weighted by atomic mass is 15.3. The first-order valence-electron chi connectivity index (χ1n) is 33.0. The van der Waals surface area contributed by atoms with E-state index in [9.17, 15) is 0 Å². The molecule has 392 valence electrons. The molecule has 69 heavy (non-hydrogen) atoms. The SMILES string of the molecule is C1CCC(C2NCC(C3CCC(N4C5CCC(C6CCC(N(C7CCCCC7)C7CCCCC7)CC6)CC5C5CC(C6CCC(N(C7CCCCC7)C7CCCCC7)CC6)CCC54)CC3)CN2)CC1. The summed E-state index contributed by atoms with van der Waals surface area (Å²) in [6, 6.07) is 8.25. The van der Waals surface area contributed by atoms with Crippen molar-refractivity contribution in [2.75, 3.05) is 13.1 Å². The third kappa shape index (κ3) is 11.2. The van der Waals surface area contributed by atoms with Gasteiger partial charge in [-0.1, -0.05) is 96.3 Å². The van der Waals surface area contributed by atoms with Crippen LogP contribution in [0.2, 0.25) is 0 Å². The number of rotatable bonds is 11. The van der Waals surface area contributed by atoms with Crippen LogP contribution >= 0.6 is 0 Å². The van der Waals surface area contributed by atoms with Gasteiger partial charge in [-0.15, -0.1) is 0 Å². The minimum absolute atomic E-state index is 0.599. The number of likely N-dealkylation sites (tertiary alicyclic amines) is 1. The van der Waals surface area contributed by atoms with E-state index in [0.29, 0.717) is 6.17 Å². The molecule has 0 aromatic heterocycles. The third-order valence-corrected chi connectivity index (χ3v) is 24.9. The second-order valence-electron chi connectivity index (χ2n) is 28.3. The van der Waals surface area contributed by atoms with Gasteiger partial charge in [0.1, 0.15) is 0 Å². The summed E-state index contributed by atoms with van der Waals surface area (Å²) in [4.78, 5) is 9.92. The summed E-state index contributed by atoms with van der Waals surface area (Å²) in [7, 11) is 0. The Kier molecular flexibility index (Phi) is 17.1. The van der Waals surface area contributed by atoms with Crippen molar-refractivity contribution in [1.82, 2.24) is 25.3 Å². The van der Waals surface area contributed by atoms with Gasteiger partial charge in [-0.25, -0.2) is 0 Å². The lowest BCUT2D eigenvalue weighted by molar-refractivity contribution is 0.00215.